The Balaban J connectivity index is 1.99. The van der Waals surface area contributed by atoms with Crippen molar-refractivity contribution in [3.8, 4) is 5.75 Å². The van der Waals surface area contributed by atoms with Crippen molar-refractivity contribution in [3.05, 3.63) is 29.8 Å². The first-order chi connectivity index (χ1) is 9.22. The molecule has 0 aliphatic rings. The molecule has 0 saturated heterocycles. The number of carbonyl (C=O) groups is 1. The van der Waals surface area contributed by atoms with Gasteiger partial charge >= 0.3 is 0 Å². The van der Waals surface area contributed by atoms with E-state index in [0.29, 0.717) is 26.1 Å². The van der Waals surface area contributed by atoms with Crippen molar-refractivity contribution < 1.29 is 9.53 Å². The highest BCUT2D eigenvalue weighted by Crippen LogP contribution is 2.11. The molecule has 1 rings (SSSR count). The summed E-state index contributed by atoms with van der Waals surface area (Å²) in [6, 6.07) is 8.02. The van der Waals surface area contributed by atoms with Crippen molar-refractivity contribution in [2.75, 3.05) is 19.7 Å². The standard InChI is InChI=1S/C15H24N2O2/c1-13-6-8-14(9-7-13)19-12-3-2-11-17-15(18)5-4-10-16/h6-9H,2-5,10-12,16H2,1H3,(H,17,18). The third-order valence-corrected chi connectivity index (χ3v) is 2.79. The van der Waals surface area contributed by atoms with Crippen molar-refractivity contribution in [2.45, 2.75) is 32.6 Å². The average Bonchev–Trinajstić information content (AvgIpc) is 2.42. The summed E-state index contributed by atoms with van der Waals surface area (Å²) in [5.74, 6) is 0.988. The smallest absolute Gasteiger partial charge is 0.220 e. The normalized spacial score (nSPS) is 10.2. The third kappa shape index (κ3) is 7.47. The minimum Gasteiger partial charge on any atom is -0.494 e. The maximum Gasteiger partial charge on any atom is 0.220 e. The van der Waals surface area contributed by atoms with Crippen molar-refractivity contribution in [1.29, 1.82) is 0 Å². The van der Waals surface area contributed by atoms with Crippen LogP contribution < -0.4 is 15.8 Å². The van der Waals surface area contributed by atoms with Gasteiger partial charge < -0.3 is 15.8 Å². The molecule has 1 amide bonds. The summed E-state index contributed by atoms with van der Waals surface area (Å²) in [5.41, 5.74) is 6.57. The van der Waals surface area contributed by atoms with Gasteiger partial charge in [-0.1, -0.05) is 17.7 Å². The molecule has 0 atom stereocenters. The molecule has 3 N–H and O–H groups in total. The Kier molecular flexibility index (Phi) is 7.66. The van der Waals surface area contributed by atoms with Gasteiger partial charge in [-0.15, -0.1) is 0 Å². The number of hydrogen-bond donors (Lipinski definition) is 2. The van der Waals surface area contributed by atoms with E-state index in [9.17, 15) is 4.79 Å². The molecule has 0 spiro atoms. The highest BCUT2D eigenvalue weighted by atomic mass is 16.5. The van der Waals surface area contributed by atoms with E-state index in [1.807, 2.05) is 24.3 Å². The van der Waals surface area contributed by atoms with Crippen molar-refractivity contribution >= 4 is 5.91 Å². The summed E-state index contributed by atoms with van der Waals surface area (Å²) in [6.45, 7) is 4.01. The second kappa shape index (κ2) is 9.39. The number of hydrogen-bond acceptors (Lipinski definition) is 3. The van der Waals surface area contributed by atoms with Crippen LogP contribution in [0, 0.1) is 6.92 Å². The Bertz CT molecular complexity index is 363. The minimum absolute atomic E-state index is 0.0879. The fraction of sp³-hybridized carbons (Fsp3) is 0.533. The molecule has 0 aliphatic heterocycles. The van der Waals surface area contributed by atoms with Gasteiger partial charge in [0.1, 0.15) is 5.75 Å². The molecule has 106 valence electrons. The first-order valence-electron chi connectivity index (χ1n) is 6.88. The molecular formula is C15H24N2O2. The van der Waals surface area contributed by atoms with Gasteiger partial charge in [0.05, 0.1) is 6.61 Å². The molecule has 0 radical (unpaired) electrons. The van der Waals surface area contributed by atoms with Gasteiger partial charge in [-0.3, -0.25) is 4.79 Å². The number of unbranched alkanes of at least 4 members (excludes halogenated alkanes) is 1. The molecule has 19 heavy (non-hydrogen) atoms. The Hall–Kier alpha value is -1.55. The lowest BCUT2D eigenvalue weighted by molar-refractivity contribution is -0.121. The fourth-order valence-electron chi connectivity index (χ4n) is 1.63. The molecule has 1 aromatic carbocycles. The first-order valence-corrected chi connectivity index (χ1v) is 6.88. The lowest BCUT2D eigenvalue weighted by Crippen LogP contribution is -2.25. The van der Waals surface area contributed by atoms with E-state index in [1.165, 1.54) is 5.56 Å². The van der Waals surface area contributed by atoms with Crippen LogP contribution in [0.1, 0.15) is 31.2 Å². The van der Waals surface area contributed by atoms with Crippen molar-refractivity contribution in [1.82, 2.24) is 5.32 Å². The topological polar surface area (TPSA) is 64.3 Å². The summed E-state index contributed by atoms with van der Waals surface area (Å²) >= 11 is 0. The van der Waals surface area contributed by atoms with Gasteiger partial charge in [0.25, 0.3) is 0 Å². The maximum atomic E-state index is 11.3. The zero-order valence-corrected chi connectivity index (χ0v) is 11.7. The maximum absolute atomic E-state index is 11.3. The molecule has 4 nitrogen and oxygen atoms in total. The lowest BCUT2D eigenvalue weighted by atomic mass is 10.2. The number of amides is 1. The number of aryl methyl sites for hydroxylation is 1. The van der Waals surface area contributed by atoms with Gasteiger partial charge in [0.2, 0.25) is 5.91 Å². The predicted octanol–water partition coefficient (Wildman–Crippen LogP) is 2.01. The van der Waals surface area contributed by atoms with Crippen LogP contribution in [0.25, 0.3) is 0 Å². The van der Waals surface area contributed by atoms with Crippen LogP contribution in [0.3, 0.4) is 0 Å². The lowest BCUT2D eigenvalue weighted by Gasteiger charge is -2.07. The molecule has 0 heterocycles. The summed E-state index contributed by atoms with van der Waals surface area (Å²) in [4.78, 5) is 11.3. The van der Waals surface area contributed by atoms with Crippen LogP contribution in [-0.4, -0.2) is 25.6 Å². The third-order valence-electron chi connectivity index (χ3n) is 2.79. The van der Waals surface area contributed by atoms with Crippen LogP contribution in [0.4, 0.5) is 0 Å². The van der Waals surface area contributed by atoms with Gasteiger partial charge in [0, 0.05) is 13.0 Å². The van der Waals surface area contributed by atoms with Crippen LogP contribution in [0.5, 0.6) is 5.75 Å². The largest absolute Gasteiger partial charge is 0.494 e. The molecule has 0 bridgehead atoms. The molecule has 0 unspecified atom stereocenters. The number of ether oxygens (including phenoxy) is 1. The number of rotatable bonds is 9. The number of nitrogens with two attached hydrogens (primary N) is 1. The SMILES string of the molecule is Cc1ccc(OCCCCNC(=O)CCCN)cc1. The van der Waals surface area contributed by atoms with Gasteiger partial charge in [-0.25, -0.2) is 0 Å². The summed E-state index contributed by atoms with van der Waals surface area (Å²) < 4.78 is 5.60. The Labute approximate surface area is 115 Å². The average molecular weight is 264 g/mol. The van der Waals surface area contributed by atoms with E-state index in [0.717, 1.165) is 25.0 Å². The molecular weight excluding hydrogens is 240 g/mol. The molecule has 0 aromatic heterocycles. The van der Waals surface area contributed by atoms with E-state index in [4.69, 9.17) is 10.5 Å². The number of benzene rings is 1. The first kappa shape index (κ1) is 15.5. The predicted molar refractivity (Wildman–Crippen MR) is 77.2 cm³/mol. The Morgan fingerprint density at radius 3 is 2.63 bits per heavy atom. The van der Waals surface area contributed by atoms with E-state index in [2.05, 4.69) is 12.2 Å². The van der Waals surface area contributed by atoms with Crippen LogP contribution in [0.2, 0.25) is 0 Å². The molecule has 1 aromatic rings. The second-order valence-corrected chi connectivity index (χ2v) is 4.61. The van der Waals surface area contributed by atoms with Crippen LogP contribution >= 0.6 is 0 Å². The van der Waals surface area contributed by atoms with E-state index in [-0.39, 0.29) is 5.91 Å². The Morgan fingerprint density at radius 2 is 1.95 bits per heavy atom. The second-order valence-electron chi connectivity index (χ2n) is 4.61. The summed E-state index contributed by atoms with van der Waals surface area (Å²) in [7, 11) is 0. The van der Waals surface area contributed by atoms with E-state index in [1.54, 1.807) is 0 Å². The van der Waals surface area contributed by atoms with Crippen molar-refractivity contribution in [2.24, 2.45) is 5.73 Å². The number of carbonyl (C=O) groups excluding carboxylic acids is 1. The Morgan fingerprint density at radius 1 is 1.21 bits per heavy atom. The summed E-state index contributed by atoms with van der Waals surface area (Å²) in [5, 5.41) is 2.87. The minimum atomic E-state index is 0.0879. The zero-order chi connectivity index (χ0) is 13.9. The molecule has 0 saturated carbocycles. The van der Waals surface area contributed by atoms with E-state index >= 15 is 0 Å². The zero-order valence-electron chi connectivity index (χ0n) is 11.7. The fourth-order valence-corrected chi connectivity index (χ4v) is 1.63. The van der Waals surface area contributed by atoms with E-state index < -0.39 is 0 Å². The van der Waals surface area contributed by atoms with Gasteiger partial charge in [-0.05, 0) is 44.9 Å². The van der Waals surface area contributed by atoms with Gasteiger partial charge in [-0.2, -0.15) is 0 Å². The highest BCUT2D eigenvalue weighted by Gasteiger charge is 1.99. The monoisotopic (exact) mass is 264 g/mol. The highest BCUT2D eigenvalue weighted by molar-refractivity contribution is 5.75. The molecule has 0 aliphatic carbocycles. The quantitative estimate of drug-likeness (QED) is 0.671. The molecule has 0 fully saturated rings. The van der Waals surface area contributed by atoms with Crippen molar-refractivity contribution in [3.63, 3.8) is 0 Å². The molecule has 4 heteroatoms. The van der Waals surface area contributed by atoms with Crippen LogP contribution in [0.15, 0.2) is 24.3 Å². The van der Waals surface area contributed by atoms with Crippen LogP contribution in [-0.2, 0) is 4.79 Å². The number of nitrogens with one attached hydrogen (secondary N) is 1. The summed E-state index contributed by atoms with van der Waals surface area (Å²) in [6.07, 6.45) is 3.14. The van der Waals surface area contributed by atoms with Gasteiger partial charge in [0.15, 0.2) is 0 Å².